The number of aliphatic imine (C=N–C) groups is 1. The summed E-state index contributed by atoms with van der Waals surface area (Å²) in [6, 6.07) is 10.3. The van der Waals surface area contributed by atoms with Gasteiger partial charge in [0.15, 0.2) is 5.96 Å². The highest BCUT2D eigenvalue weighted by Gasteiger charge is 2.06. The van der Waals surface area contributed by atoms with E-state index in [1.165, 1.54) is 11.1 Å². The van der Waals surface area contributed by atoms with Crippen LogP contribution in [0.3, 0.4) is 0 Å². The van der Waals surface area contributed by atoms with E-state index < -0.39 is 0 Å². The van der Waals surface area contributed by atoms with Crippen LogP contribution in [0.4, 0.5) is 0 Å². The maximum Gasteiger partial charge on any atom is 0.191 e. The average molecular weight is 507 g/mol. The third-order valence-corrected chi connectivity index (χ3v) is 4.60. The number of ether oxygens (including phenoxy) is 1. The van der Waals surface area contributed by atoms with Crippen LogP contribution in [0, 0.1) is 13.8 Å². The Labute approximate surface area is 189 Å². The molecule has 0 aliphatic heterocycles. The maximum absolute atomic E-state index is 5.48. The number of nitrogens with zero attached hydrogens (tertiary/aromatic N) is 3. The van der Waals surface area contributed by atoms with Crippen molar-refractivity contribution in [3.63, 3.8) is 0 Å². The lowest BCUT2D eigenvalue weighted by Gasteiger charge is -2.12. The molecule has 3 aromatic rings. The standard InChI is InChI=1S/C22H29N5O.HI/c1-5-23-22(25-14-18-9-8-16(2)13-20(18)28-4)24-11-10-19-15-27-12-6-7-17(3)21(27)26-19;/h6-9,12-13,15H,5,10-11,14H2,1-4H3,(H2,23,24,25);1H. The number of nitrogens with one attached hydrogen (secondary N) is 2. The number of methoxy groups -OCH3 is 1. The minimum atomic E-state index is 0. The molecule has 2 N–H and O–H groups in total. The molecule has 0 unspecified atom stereocenters. The third-order valence-electron chi connectivity index (χ3n) is 4.60. The molecule has 0 bridgehead atoms. The molecule has 0 aliphatic carbocycles. The Hall–Kier alpha value is -2.29. The highest BCUT2D eigenvalue weighted by atomic mass is 127. The molecule has 2 heterocycles. The molecule has 0 saturated carbocycles. The van der Waals surface area contributed by atoms with Gasteiger partial charge >= 0.3 is 0 Å². The number of fused-ring (bicyclic) bond motifs is 1. The average Bonchev–Trinajstić information content (AvgIpc) is 3.11. The van der Waals surface area contributed by atoms with E-state index in [1.54, 1.807) is 7.11 Å². The van der Waals surface area contributed by atoms with E-state index in [-0.39, 0.29) is 24.0 Å². The fourth-order valence-corrected chi connectivity index (χ4v) is 3.12. The van der Waals surface area contributed by atoms with Crippen molar-refractivity contribution in [2.75, 3.05) is 20.2 Å². The fourth-order valence-electron chi connectivity index (χ4n) is 3.12. The van der Waals surface area contributed by atoms with E-state index in [0.29, 0.717) is 6.54 Å². The highest BCUT2D eigenvalue weighted by Crippen LogP contribution is 2.20. The molecule has 0 fully saturated rings. The first-order chi connectivity index (χ1) is 13.6. The van der Waals surface area contributed by atoms with Crippen LogP contribution in [0.2, 0.25) is 0 Å². The van der Waals surface area contributed by atoms with Crippen LogP contribution in [0.1, 0.15) is 29.3 Å². The van der Waals surface area contributed by atoms with Crippen molar-refractivity contribution in [1.82, 2.24) is 20.0 Å². The van der Waals surface area contributed by atoms with E-state index in [1.807, 2.05) is 18.3 Å². The van der Waals surface area contributed by atoms with Crippen molar-refractivity contribution in [3.8, 4) is 5.75 Å². The molecule has 156 valence electrons. The van der Waals surface area contributed by atoms with E-state index >= 15 is 0 Å². The zero-order valence-corrected chi connectivity index (χ0v) is 19.9. The lowest BCUT2D eigenvalue weighted by Crippen LogP contribution is -2.38. The van der Waals surface area contributed by atoms with Crippen LogP contribution in [0.25, 0.3) is 5.65 Å². The van der Waals surface area contributed by atoms with Gasteiger partial charge < -0.3 is 19.8 Å². The third kappa shape index (κ3) is 6.09. The number of pyridine rings is 1. The van der Waals surface area contributed by atoms with Crippen molar-refractivity contribution in [2.45, 2.75) is 33.7 Å². The number of benzene rings is 1. The summed E-state index contributed by atoms with van der Waals surface area (Å²) in [4.78, 5) is 9.42. The molecular formula is C22H30IN5O. The van der Waals surface area contributed by atoms with Crippen molar-refractivity contribution in [3.05, 3.63) is 65.1 Å². The monoisotopic (exact) mass is 507 g/mol. The molecule has 2 aromatic heterocycles. The summed E-state index contributed by atoms with van der Waals surface area (Å²) in [6.45, 7) is 8.34. The zero-order chi connectivity index (χ0) is 19.9. The summed E-state index contributed by atoms with van der Waals surface area (Å²) in [5.74, 6) is 1.67. The molecule has 3 rings (SSSR count). The fraction of sp³-hybridized carbons (Fsp3) is 0.364. The first-order valence-electron chi connectivity index (χ1n) is 9.69. The van der Waals surface area contributed by atoms with Gasteiger partial charge in [0.1, 0.15) is 11.4 Å². The van der Waals surface area contributed by atoms with Gasteiger partial charge in [-0.15, -0.1) is 24.0 Å². The van der Waals surface area contributed by atoms with Gasteiger partial charge in [-0.1, -0.05) is 18.2 Å². The highest BCUT2D eigenvalue weighted by molar-refractivity contribution is 14.0. The van der Waals surface area contributed by atoms with Gasteiger partial charge in [0.2, 0.25) is 0 Å². The summed E-state index contributed by atoms with van der Waals surface area (Å²) in [7, 11) is 1.70. The van der Waals surface area contributed by atoms with Crippen LogP contribution >= 0.6 is 24.0 Å². The van der Waals surface area contributed by atoms with Gasteiger partial charge in [-0.2, -0.15) is 0 Å². The van der Waals surface area contributed by atoms with Crippen molar-refractivity contribution < 1.29 is 4.74 Å². The number of imidazole rings is 1. The minimum Gasteiger partial charge on any atom is -0.496 e. The van der Waals surface area contributed by atoms with Crippen LogP contribution < -0.4 is 15.4 Å². The quantitative estimate of drug-likeness (QED) is 0.290. The second kappa shape index (κ2) is 11.0. The van der Waals surface area contributed by atoms with Crippen LogP contribution in [0.15, 0.2) is 47.7 Å². The van der Waals surface area contributed by atoms with Crippen LogP contribution in [-0.4, -0.2) is 35.5 Å². The van der Waals surface area contributed by atoms with Gasteiger partial charge in [0.05, 0.1) is 19.3 Å². The number of guanidine groups is 1. The molecule has 0 radical (unpaired) electrons. The smallest absolute Gasteiger partial charge is 0.191 e. The zero-order valence-electron chi connectivity index (χ0n) is 17.5. The molecule has 0 aliphatic rings. The Balaban J connectivity index is 0.00000300. The Morgan fingerprint density at radius 1 is 1.21 bits per heavy atom. The SMILES string of the molecule is CCNC(=NCc1ccc(C)cc1OC)NCCc1cn2cccc(C)c2n1.I. The van der Waals surface area contributed by atoms with Gasteiger partial charge in [-0.3, -0.25) is 0 Å². The summed E-state index contributed by atoms with van der Waals surface area (Å²) < 4.78 is 7.55. The number of rotatable bonds is 7. The number of hydrogen-bond acceptors (Lipinski definition) is 3. The summed E-state index contributed by atoms with van der Waals surface area (Å²) >= 11 is 0. The largest absolute Gasteiger partial charge is 0.496 e. The molecule has 0 atom stereocenters. The summed E-state index contributed by atoms with van der Waals surface area (Å²) in [6.07, 6.45) is 4.96. The molecule has 0 spiro atoms. The predicted octanol–water partition coefficient (Wildman–Crippen LogP) is 3.88. The molecule has 1 aromatic carbocycles. The van der Waals surface area contributed by atoms with Crippen LogP contribution in [-0.2, 0) is 13.0 Å². The second-order valence-corrected chi connectivity index (χ2v) is 6.84. The topological polar surface area (TPSA) is 63.0 Å². The number of halogens is 1. The van der Waals surface area contributed by atoms with E-state index in [4.69, 9.17) is 14.7 Å². The maximum atomic E-state index is 5.48. The Bertz CT molecular complexity index is 967. The lowest BCUT2D eigenvalue weighted by molar-refractivity contribution is 0.409. The molecule has 0 saturated heterocycles. The summed E-state index contributed by atoms with van der Waals surface area (Å²) in [5, 5.41) is 6.69. The lowest BCUT2D eigenvalue weighted by atomic mass is 10.1. The van der Waals surface area contributed by atoms with Crippen molar-refractivity contribution in [2.24, 2.45) is 4.99 Å². The molecule has 29 heavy (non-hydrogen) atoms. The van der Waals surface area contributed by atoms with Gasteiger partial charge in [0, 0.05) is 37.5 Å². The minimum absolute atomic E-state index is 0. The van der Waals surface area contributed by atoms with E-state index in [0.717, 1.165) is 48.1 Å². The number of hydrogen-bond donors (Lipinski definition) is 2. The van der Waals surface area contributed by atoms with Crippen LogP contribution in [0.5, 0.6) is 5.75 Å². The molecule has 0 amide bonds. The first-order valence-corrected chi connectivity index (χ1v) is 9.69. The Morgan fingerprint density at radius 2 is 2.03 bits per heavy atom. The Morgan fingerprint density at radius 3 is 2.76 bits per heavy atom. The van der Waals surface area contributed by atoms with Gasteiger partial charge in [-0.05, 0) is 44.0 Å². The van der Waals surface area contributed by atoms with Gasteiger partial charge in [-0.25, -0.2) is 9.98 Å². The number of aromatic nitrogens is 2. The normalized spacial score (nSPS) is 11.2. The Kier molecular flexibility index (Phi) is 8.75. The molecular weight excluding hydrogens is 477 g/mol. The van der Waals surface area contributed by atoms with Gasteiger partial charge in [0.25, 0.3) is 0 Å². The number of aryl methyl sites for hydroxylation is 2. The second-order valence-electron chi connectivity index (χ2n) is 6.84. The molecule has 6 nitrogen and oxygen atoms in total. The molecule has 7 heteroatoms. The van der Waals surface area contributed by atoms with Crippen molar-refractivity contribution >= 4 is 35.6 Å². The summed E-state index contributed by atoms with van der Waals surface area (Å²) in [5.41, 5.74) is 5.52. The van der Waals surface area contributed by atoms with E-state index in [9.17, 15) is 0 Å². The van der Waals surface area contributed by atoms with Crippen molar-refractivity contribution in [1.29, 1.82) is 0 Å². The van der Waals surface area contributed by atoms with E-state index in [2.05, 4.69) is 60.2 Å². The first kappa shape index (κ1) is 23.0. The predicted molar refractivity (Wildman–Crippen MR) is 130 cm³/mol.